The molecule has 0 bridgehead atoms. The van der Waals surface area contributed by atoms with Crippen molar-refractivity contribution in [2.45, 2.75) is 31.7 Å². The van der Waals surface area contributed by atoms with Crippen LogP contribution in [0.15, 0.2) is 24.3 Å². The minimum absolute atomic E-state index is 0.0271. The quantitative estimate of drug-likeness (QED) is 0.792. The Morgan fingerprint density at radius 3 is 2.40 bits per heavy atom. The van der Waals surface area contributed by atoms with Crippen LogP contribution in [0.1, 0.15) is 37.3 Å². The lowest BCUT2D eigenvalue weighted by molar-refractivity contribution is 0.151. The summed E-state index contributed by atoms with van der Waals surface area (Å²) < 4.78 is 24.7. The average Bonchev–Trinajstić information content (AvgIpc) is 2.67. The van der Waals surface area contributed by atoms with Crippen molar-refractivity contribution in [3.8, 4) is 0 Å². The summed E-state index contributed by atoms with van der Waals surface area (Å²) >= 11 is 0. The predicted molar refractivity (Wildman–Crippen MR) is 56.0 cm³/mol. The Morgan fingerprint density at radius 2 is 1.93 bits per heavy atom. The van der Waals surface area contributed by atoms with Gasteiger partial charge in [-0.05, 0) is 31.9 Å². The first-order valence-corrected chi connectivity index (χ1v) is 5.25. The number of alkyl halides is 2. The van der Waals surface area contributed by atoms with Gasteiger partial charge in [-0.3, -0.25) is 0 Å². The highest BCUT2D eigenvalue weighted by atomic mass is 19.3. The molecule has 1 aliphatic rings. The monoisotopic (exact) mass is 211 g/mol. The molecule has 1 saturated heterocycles. The van der Waals surface area contributed by atoms with Gasteiger partial charge in [0.2, 0.25) is 0 Å². The molecule has 3 heteroatoms. The normalized spacial score (nSPS) is 26.1. The minimum Gasteiger partial charge on any atom is -0.308 e. The highest BCUT2D eigenvalue weighted by Crippen LogP contribution is 2.31. The number of hydrogen-bond acceptors (Lipinski definition) is 1. The van der Waals surface area contributed by atoms with Crippen LogP contribution in [-0.4, -0.2) is 6.54 Å². The van der Waals surface area contributed by atoms with Gasteiger partial charge in [0, 0.05) is 11.1 Å². The standard InChI is InChI=1S/C12H15F2N/c1-12(7-2-8-15-12)10-5-3-9(4-6-10)11(13)14/h3-6,11,15H,2,7-8H2,1H3. The van der Waals surface area contributed by atoms with Crippen molar-refractivity contribution < 1.29 is 8.78 Å². The Bertz CT molecular complexity index is 326. The second-order valence-corrected chi connectivity index (χ2v) is 4.29. The molecule has 1 aromatic rings. The van der Waals surface area contributed by atoms with Crippen LogP contribution in [0.25, 0.3) is 0 Å². The number of rotatable bonds is 2. The first-order chi connectivity index (χ1) is 7.12. The van der Waals surface area contributed by atoms with Gasteiger partial charge in [-0.15, -0.1) is 0 Å². The van der Waals surface area contributed by atoms with Gasteiger partial charge in [0.1, 0.15) is 0 Å². The smallest absolute Gasteiger partial charge is 0.263 e. The summed E-state index contributed by atoms with van der Waals surface area (Å²) in [6.07, 6.45) is -0.155. The summed E-state index contributed by atoms with van der Waals surface area (Å²) in [6.45, 7) is 3.13. The molecule has 0 saturated carbocycles. The molecule has 0 radical (unpaired) electrons. The topological polar surface area (TPSA) is 12.0 Å². The van der Waals surface area contributed by atoms with Gasteiger partial charge >= 0.3 is 0 Å². The molecule has 0 spiro atoms. The van der Waals surface area contributed by atoms with Crippen LogP contribution < -0.4 is 5.32 Å². The molecule has 0 amide bonds. The van der Waals surface area contributed by atoms with Gasteiger partial charge in [-0.25, -0.2) is 8.78 Å². The molecule has 1 unspecified atom stereocenters. The van der Waals surface area contributed by atoms with Crippen LogP contribution in [0.2, 0.25) is 0 Å². The number of benzene rings is 1. The molecule has 0 aliphatic carbocycles. The molecular formula is C12H15F2N. The van der Waals surface area contributed by atoms with Gasteiger partial charge in [0.15, 0.2) is 0 Å². The van der Waals surface area contributed by atoms with Gasteiger partial charge in [0.05, 0.1) is 0 Å². The van der Waals surface area contributed by atoms with E-state index >= 15 is 0 Å². The zero-order valence-electron chi connectivity index (χ0n) is 8.76. The van der Waals surface area contributed by atoms with Crippen molar-refractivity contribution in [3.05, 3.63) is 35.4 Å². The third kappa shape index (κ3) is 2.02. The van der Waals surface area contributed by atoms with Crippen LogP contribution in [-0.2, 0) is 5.54 Å². The van der Waals surface area contributed by atoms with Crippen LogP contribution in [0.4, 0.5) is 8.78 Å². The lowest BCUT2D eigenvalue weighted by Crippen LogP contribution is -2.32. The first kappa shape index (κ1) is 10.6. The summed E-state index contributed by atoms with van der Waals surface area (Å²) in [7, 11) is 0. The van der Waals surface area contributed by atoms with Crippen molar-refractivity contribution >= 4 is 0 Å². The first-order valence-electron chi connectivity index (χ1n) is 5.25. The maximum absolute atomic E-state index is 12.4. The second kappa shape index (κ2) is 3.89. The molecule has 1 heterocycles. The maximum Gasteiger partial charge on any atom is 0.263 e. The van der Waals surface area contributed by atoms with Gasteiger partial charge in [0.25, 0.3) is 6.43 Å². The van der Waals surface area contributed by atoms with E-state index in [1.807, 2.05) is 0 Å². The third-order valence-electron chi connectivity index (χ3n) is 3.17. The molecule has 15 heavy (non-hydrogen) atoms. The maximum atomic E-state index is 12.4. The molecule has 1 N–H and O–H groups in total. The summed E-state index contributed by atoms with van der Waals surface area (Å²) in [4.78, 5) is 0. The van der Waals surface area contributed by atoms with E-state index in [0.29, 0.717) is 0 Å². The van der Waals surface area contributed by atoms with E-state index in [0.717, 1.165) is 24.9 Å². The fourth-order valence-corrected chi connectivity index (χ4v) is 2.14. The number of nitrogens with one attached hydrogen (secondary N) is 1. The molecule has 0 aromatic heterocycles. The Morgan fingerprint density at radius 1 is 1.27 bits per heavy atom. The van der Waals surface area contributed by atoms with Crippen molar-refractivity contribution in [3.63, 3.8) is 0 Å². The van der Waals surface area contributed by atoms with Gasteiger partial charge in [-0.2, -0.15) is 0 Å². The minimum atomic E-state index is -2.37. The highest BCUT2D eigenvalue weighted by molar-refractivity contribution is 5.29. The van der Waals surface area contributed by atoms with E-state index in [1.165, 1.54) is 12.1 Å². The van der Waals surface area contributed by atoms with Crippen molar-refractivity contribution in [2.24, 2.45) is 0 Å². The van der Waals surface area contributed by atoms with Gasteiger partial charge in [-0.1, -0.05) is 24.3 Å². The fourth-order valence-electron chi connectivity index (χ4n) is 2.14. The van der Waals surface area contributed by atoms with Crippen LogP contribution in [0.5, 0.6) is 0 Å². The second-order valence-electron chi connectivity index (χ2n) is 4.29. The van der Waals surface area contributed by atoms with E-state index in [-0.39, 0.29) is 11.1 Å². The van der Waals surface area contributed by atoms with Crippen molar-refractivity contribution in [1.82, 2.24) is 5.32 Å². The van der Waals surface area contributed by atoms with E-state index < -0.39 is 6.43 Å². The molecule has 1 atom stereocenters. The summed E-state index contributed by atoms with van der Waals surface area (Å²) in [6, 6.07) is 6.65. The molecule has 2 rings (SSSR count). The lowest BCUT2D eigenvalue weighted by Gasteiger charge is -2.25. The van der Waals surface area contributed by atoms with Crippen LogP contribution >= 0.6 is 0 Å². The van der Waals surface area contributed by atoms with E-state index in [4.69, 9.17) is 0 Å². The molecule has 82 valence electrons. The van der Waals surface area contributed by atoms with E-state index in [9.17, 15) is 8.78 Å². The zero-order chi connectivity index (χ0) is 10.9. The molecule has 1 aromatic carbocycles. The molecule has 1 nitrogen and oxygen atoms in total. The summed E-state index contributed by atoms with van der Waals surface area (Å²) in [5.41, 5.74) is 1.17. The van der Waals surface area contributed by atoms with E-state index in [1.54, 1.807) is 12.1 Å². The van der Waals surface area contributed by atoms with Gasteiger partial charge < -0.3 is 5.32 Å². The fraction of sp³-hybridized carbons (Fsp3) is 0.500. The number of halogens is 2. The Hall–Kier alpha value is -0.960. The van der Waals surface area contributed by atoms with Crippen LogP contribution in [0, 0.1) is 0 Å². The average molecular weight is 211 g/mol. The summed E-state index contributed by atoms with van der Waals surface area (Å²) in [5.74, 6) is 0. The highest BCUT2D eigenvalue weighted by Gasteiger charge is 2.29. The third-order valence-corrected chi connectivity index (χ3v) is 3.17. The number of hydrogen-bond donors (Lipinski definition) is 1. The largest absolute Gasteiger partial charge is 0.308 e. The SMILES string of the molecule is CC1(c2ccc(C(F)F)cc2)CCCN1. The Balaban J connectivity index is 2.23. The lowest BCUT2D eigenvalue weighted by atomic mass is 9.90. The van der Waals surface area contributed by atoms with Crippen LogP contribution in [0.3, 0.4) is 0 Å². The Kier molecular flexibility index (Phi) is 2.74. The van der Waals surface area contributed by atoms with E-state index in [2.05, 4.69) is 12.2 Å². The van der Waals surface area contributed by atoms with Crippen molar-refractivity contribution in [1.29, 1.82) is 0 Å². The Labute approximate surface area is 88.5 Å². The molecule has 1 aliphatic heterocycles. The predicted octanol–water partition coefficient (Wildman–Crippen LogP) is 3.22. The molecule has 1 fully saturated rings. The summed E-state index contributed by atoms with van der Waals surface area (Å²) in [5, 5.41) is 3.41. The van der Waals surface area contributed by atoms with Crippen molar-refractivity contribution in [2.75, 3.05) is 6.54 Å². The molecular weight excluding hydrogens is 196 g/mol. The zero-order valence-corrected chi connectivity index (χ0v) is 8.76.